The van der Waals surface area contributed by atoms with Crippen LogP contribution in [0, 0.1) is 5.82 Å². The van der Waals surface area contributed by atoms with Crippen molar-refractivity contribution in [2.75, 3.05) is 6.26 Å². The van der Waals surface area contributed by atoms with E-state index in [0.29, 0.717) is 13.0 Å². The summed E-state index contributed by atoms with van der Waals surface area (Å²) in [6.45, 7) is 2.68. The summed E-state index contributed by atoms with van der Waals surface area (Å²) in [5.74, 6) is -0.302. The summed E-state index contributed by atoms with van der Waals surface area (Å²) < 4.78 is 24.2. The Kier molecular flexibility index (Phi) is 6.45. The lowest BCUT2D eigenvalue weighted by Gasteiger charge is -2.18. The summed E-state index contributed by atoms with van der Waals surface area (Å²) in [6.07, 6.45) is 1.58. The van der Waals surface area contributed by atoms with Gasteiger partial charge in [0.1, 0.15) is 5.82 Å². The molecule has 0 amide bonds. The average molecular weight is 335 g/mol. The first kappa shape index (κ1) is 17.8. The van der Waals surface area contributed by atoms with E-state index in [9.17, 15) is 13.7 Å². The number of hydrogen-bond acceptors (Lipinski definition) is 3. The van der Waals surface area contributed by atoms with Crippen LogP contribution in [0.3, 0.4) is 0 Å². The summed E-state index contributed by atoms with van der Waals surface area (Å²) in [4.78, 5) is 0.813. The first-order chi connectivity index (χ1) is 11.0. The molecule has 0 heterocycles. The van der Waals surface area contributed by atoms with Crippen molar-refractivity contribution in [3.05, 3.63) is 65.5 Å². The molecule has 5 heteroatoms. The predicted molar refractivity (Wildman–Crippen MR) is 91.1 cm³/mol. The second-order valence-corrected chi connectivity index (χ2v) is 7.06. The van der Waals surface area contributed by atoms with Crippen LogP contribution >= 0.6 is 0 Å². The number of aliphatic hydroxyl groups is 1. The van der Waals surface area contributed by atoms with Crippen LogP contribution in [-0.2, 0) is 17.3 Å². The first-order valence-corrected chi connectivity index (χ1v) is 9.11. The Balaban J connectivity index is 1.83. The van der Waals surface area contributed by atoms with E-state index in [1.165, 1.54) is 12.1 Å². The van der Waals surface area contributed by atoms with E-state index in [0.717, 1.165) is 16.0 Å². The third kappa shape index (κ3) is 5.53. The zero-order chi connectivity index (χ0) is 16.8. The van der Waals surface area contributed by atoms with Crippen LogP contribution in [-0.4, -0.2) is 21.6 Å². The van der Waals surface area contributed by atoms with Crippen molar-refractivity contribution < 1.29 is 13.7 Å². The molecule has 2 aromatic carbocycles. The van der Waals surface area contributed by atoms with Crippen molar-refractivity contribution in [2.45, 2.75) is 36.9 Å². The van der Waals surface area contributed by atoms with Gasteiger partial charge in [-0.1, -0.05) is 24.3 Å². The van der Waals surface area contributed by atoms with Crippen LogP contribution in [0.2, 0.25) is 0 Å². The minimum absolute atomic E-state index is 0.107. The van der Waals surface area contributed by atoms with Gasteiger partial charge in [-0.05, 0) is 48.7 Å². The molecule has 0 aromatic heterocycles. The minimum atomic E-state index is -0.961. The van der Waals surface area contributed by atoms with Gasteiger partial charge in [-0.15, -0.1) is 0 Å². The molecule has 0 bridgehead atoms. The smallest absolute Gasteiger partial charge is 0.123 e. The number of nitrogens with one attached hydrogen (secondary N) is 1. The highest BCUT2D eigenvalue weighted by Crippen LogP contribution is 2.19. The molecule has 0 aliphatic carbocycles. The summed E-state index contributed by atoms with van der Waals surface area (Å²) in [7, 11) is -0.961. The number of aliphatic hydroxyl groups excluding tert-OH is 1. The molecule has 0 aliphatic rings. The van der Waals surface area contributed by atoms with Crippen LogP contribution < -0.4 is 5.32 Å². The maximum absolute atomic E-state index is 12.9. The van der Waals surface area contributed by atoms with Crippen LogP contribution in [0.5, 0.6) is 0 Å². The lowest BCUT2D eigenvalue weighted by molar-refractivity contribution is 0.153. The fourth-order valence-corrected chi connectivity index (χ4v) is 2.85. The highest BCUT2D eigenvalue weighted by molar-refractivity contribution is 7.84. The summed E-state index contributed by atoms with van der Waals surface area (Å²) in [6, 6.07) is 13.7. The summed E-state index contributed by atoms with van der Waals surface area (Å²) in [5.41, 5.74) is 1.82. The number of rotatable bonds is 7. The second kappa shape index (κ2) is 8.34. The Morgan fingerprint density at radius 2 is 1.74 bits per heavy atom. The van der Waals surface area contributed by atoms with Crippen LogP contribution in [0.25, 0.3) is 0 Å². The van der Waals surface area contributed by atoms with E-state index >= 15 is 0 Å². The fourth-order valence-electron chi connectivity index (χ4n) is 2.33. The average Bonchev–Trinajstić information content (AvgIpc) is 2.54. The Bertz CT molecular complexity index is 643. The molecule has 3 unspecified atom stereocenters. The third-order valence-electron chi connectivity index (χ3n) is 3.74. The van der Waals surface area contributed by atoms with E-state index < -0.39 is 16.9 Å². The number of benzene rings is 2. The lowest BCUT2D eigenvalue weighted by Crippen LogP contribution is -2.27. The molecule has 2 aromatic rings. The van der Waals surface area contributed by atoms with Gasteiger partial charge in [0.05, 0.1) is 6.10 Å². The second-order valence-electron chi connectivity index (χ2n) is 5.68. The van der Waals surface area contributed by atoms with Crippen molar-refractivity contribution in [1.82, 2.24) is 5.32 Å². The van der Waals surface area contributed by atoms with Crippen molar-refractivity contribution in [3.8, 4) is 0 Å². The summed E-state index contributed by atoms with van der Waals surface area (Å²) >= 11 is 0. The standard InChI is InChI=1S/C18H22FNO2S/c1-13(11-18(21)15-5-7-16(19)8-6-15)20-12-14-3-9-17(10-4-14)23(2)22/h3-10,13,18,20-21H,11-12H2,1-2H3. The van der Waals surface area contributed by atoms with Gasteiger partial charge in [-0.3, -0.25) is 4.21 Å². The van der Waals surface area contributed by atoms with Gasteiger partial charge >= 0.3 is 0 Å². The Labute approximate surface area is 139 Å². The van der Waals surface area contributed by atoms with E-state index in [1.807, 2.05) is 31.2 Å². The maximum atomic E-state index is 12.9. The zero-order valence-corrected chi connectivity index (χ0v) is 14.1. The number of halogens is 1. The highest BCUT2D eigenvalue weighted by Gasteiger charge is 2.12. The molecule has 0 saturated heterocycles. The van der Waals surface area contributed by atoms with Crippen LogP contribution in [0.15, 0.2) is 53.4 Å². The lowest BCUT2D eigenvalue weighted by atomic mass is 10.0. The van der Waals surface area contributed by atoms with Crippen molar-refractivity contribution >= 4 is 10.8 Å². The fraction of sp³-hybridized carbons (Fsp3) is 0.333. The van der Waals surface area contributed by atoms with Gasteiger partial charge in [0, 0.05) is 34.5 Å². The van der Waals surface area contributed by atoms with Gasteiger partial charge in [0.15, 0.2) is 0 Å². The van der Waals surface area contributed by atoms with Gasteiger partial charge in [0.2, 0.25) is 0 Å². The largest absolute Gasteiger partial charge is 0.388 e. The van der Waals surface area contributed by atoms with Gasteiger partial charge in [0.25, 0.3) is 0 Å². The normalized spacial score (nSPS) is 15.1. The molecule has 124 valence electrons. The highest BCUT2D eigenvalue weighted by atomic mass is 32.2. The minimum Gasteiger partial charge on any atom is -0.388 e. The molecule has 23 heavy (non-hydrogen) atoms. The SMILES string of the molecule is CC(CC(O)c1ccc(F)cc1)NCc1ccc(S(C)=O)cc1. The van der Waals surface area contributed by atoms with Crippen molar-refractivity contribution in [1.29, 1.82) is 0 Å². The van der Waals surface area contributed by atoms with E-state index in [2.05, 4.69) is 5.32 Å². The predicted octanol–water partition coefficient (Wildman–Crippen LogP) is 3.16. The molecule has 0 fully saturated rings. The summed E-state index contributed by atoms with van der Waals surface area (Å²) in [5, 5.41) is 13.5. The van der Waals surface area contributed by atoms with E-state index in [1.54, 1.807) is 18.4 Å². The molecular weight excluding hydrogens is 313 g/mol. The number of hydrogen-bond donors (Lipinski definition) is 2. The molecule has 0 radical (unpaired) electrons. The Morgan fingerprint density at radius 3 is 2.30 bits per heavy atom. The van der Waals surface area contributed by atoms with Crippen molar-refractivity contribution in [3.63, 3.8) is 0 Å². The maximum Gasteiger partial charge on any atom is 0.123 e. The van der Waals surface area contributed by atoms with Gasteiger partial charge in [-0.25, -0.2) is 4.39 Å². The van der Waals surface area contributed by atoms with Gasteiger partial charge < -0.3 is 10.4 Å². The van der Waals surface area contributed by atoms with Crippen LogP contribution in [0.4, 0.5) is 4.39 Å². The zero-order valence-electron chi connectivity index (χ0n) is 13.3. The topological polar surface area (TPSA) is 49.3 Å². The van der Waals surface area contributed by atoms with Crippen LogP contribution in [0.1, 0.15) is 30.6 Å². The molecule has 3 atom stereocenters. The quantitative estimate of drug-likeness (QED) is 0.817. The molecular formula is C18H22FNO2S. The molecule has 0 spiro atoms. The third-order valence-corrected chi connectivity index (χ3v) is 4.68. The first-order valence-electron chi connectivity index (χ1n) is 7.55. The molecule has 2 N–H and O–H groups in total. The molecule has 3 nitrogen and oxygen atoms in total. The Hall–Kier alpha value is -1.56. The molecule has 0 saturated carbocycles. The molecule has 2 rings (SSSR count). The monoisotopic (exact) mass is 335 g/mol. The van der Waals surface area contributed by atoms with Crippen molar-refractivity contribution in [2.24, 2.45) is 0 Å². The van der Waals surface area contributed by atoms with Gasteiger partial charge in [-0.2, -0.15) is 0 Å². The Morgan fingerprint density at radius 1 is 1.13 bits per heavy atom. The van der Waals surface area contributed by atoms with E-state index in [4.69, 9.17) is 0 Å². The molecule has 0 aliphatic heterocycles. The van der Waals surface area contributed by atoms with E-state index in [-0.39, 0.29) is 11.9 Å².